The Balaban J connectivity index is 1.56. The van der Waals surface area contributed by atoms with Crippen LogP contribution in [-0.4, -0.2) is 221 Å². The van der Waals surface area contributed by atoms with Gasteiger partial charge in [0.15, 0.2) is 25.2 Å². The average Bonchev–Trinajstić information content (AvgIpc) is 3.03. The Labute approximate surface area is 254 Å². The summed E-state index contributed by atoms with van der Waals surface area (Å²) in [6, 6.07) is 0. The number of rotatable bonds is 10. The van der Waals surface area contributed by atoms with Gasteiger partial charge in [-0.1, -0.05) is 0 Å². The molecule has 4 fully saturated rings. The quantitative estimate of drug-likeness (QED) is 0.103. The lowest BCUT2D eigenvalue weighted by Gasteiger charge is -2.48. The van der Waals surface area contributed by atoms with Crippen LogP contribution in [0.1, 0.15) is 0 Å². The normalized spacial score (nSPS) is 52.9. The lowest BCUT2D eigenvalue weighted by atomic mass is 9.96. The van der Waals surface area contributed by atoms with Crippen molar-refractivity contribution in [3.63, 3.8) is 0 Å². The van der Waals surface area contributed by atoms with Gasteiger partial charge in [0.25, 0.3) is 0 Å². The summed E-state index contributed by atoms with van der Waals surface area (Å²) in [5, 5.41) is 142. The largest absolute Gasteiger partial charge is 0.394 e. The van der Waals surface area contributed by atoms with Gasteiger partial charge in [-0.3, -0.25) is 0 Å². The van der Waals surface area contributed by atoms with Gasteiger partial charge in [-0.2, -0.15) is 0 Å². The Morgan fingerprint density at radius 1 is 0.378 bits per heavy atom. The molecule has 45 heavy (non-hydrogen) atoms. The summed E-state index contributed by atoms with van der Waals surface area (Å²) in [6.07, 6.45) is -35.6. The van der Waals surface area contributed by atoms with Crippen molar-refractivity contribution in [1.82, 2.24) is 0 Å². The first kappa shape index (κ1) is 37.0. The molecule has 0 aromatic heterocycles. The third-order valence-electron chi connectivity index (χ3n) is 8.18. The Hall–Kier alpha value is -0.840. The molecule has 0 aromatic rings. The molecule has 0 unspecified atom stereocenters. The molecule has 0 amide bonds. The summed E-state index contributed by atoms with van der Waals surface area (Å²) in [6.45, 7) is -3.21. The van der Waals surface area contributed by atoms with E-state index < -0.39 is 149 Å². The van der Waals surface area contributed by atoms with E-state index in [0.29, 0.717) is 0 Å². The first-order valence-corrected chi connectivity index (χ1v) is 14.1. The summed E-state index contributed by atoms with van der Waals surface area (Å²) >= 11 is 0. The van der Waals surface area contributed by atoms with Crippen molar-refractivity contribution in [2.45, 2.75) is 123 Å². The zero-order valence-electron chi connectivity index (χ0n) is 23.5. The molecule has 20 atom stereocenters. The highest BCUT2D eigenvalue weighted by atomic mass is 16.8. The van der Waals surface area contributed by atoms with Crippen LogP contribution in [0.2, 0.25) is 0 Å². The molecule has 21 nitrogen and oxygen atoms in total. The highest BCUT2D eigenvalue weighted by molar-refractivity contribution is 4.97. The zero-order valence-corrected chi connectivity index (χ0v) is 23.5. The van der Waals surface area contributed by atoms with Crippen LogP contribution in [0, 0.1) is 0 Å². The standard InChI is InChI=1S/C24H42O21/c25-1-5-9(28)11(30)16(35)22(41-5)39-4-8-20(45-23-17(36)12(31)10(29)6(2-26)42-23)14(33)18(37)24(43-8)44-19-7(3-27)40-21(38)15(34)13(19)32/h5-38H,1-4H2/t5-,6-,7-,8-,9+,10-,11+,12+,13-,14-,15+,16-,17+,18+,19-,20-,21-,22+,23+,24+/m1/s1. The molecule has 4 rings (SSSR count). The first-order chi connectivity index (χ1) is 21.2. The van der Waals surface area contributed by atoms with Crippen molar-refractivity contribution in [2.24, 2.45) is 0 Å². The van der Waals surface area contributed by atoms with Gasteiger partial charge in [-0.05, 0) is 0 Å². The highest BCUT2D eigenvalue weighted by Gasteiger charge is 2.54. The van der Waals surface area contributed by atoms with Crippen molar-refractivity contribution >= 4 is 0 Å². The maximum absolute atomic E-state index is 11.1. The molecule has 14 N–H and O–H groups in total. The van der Waals surface area contributed by atoms with E-state index in [4.69, 9.17) is 33.2 Å². The molecular weight excluding hydrogens is 624 g/mol. The first-order valence-electron chi connectivity index (χ1n) is 14.1. The highest BCUT2D eigenvalue weighted by Crippen LogP contribution is 2.33. The van der Waals surface area contributed by atoms with Crippen LogP contribution in [0.25, 0.3) is 0 Å². The Kier molecular flexibility index (Phi) is 12.8. The lowest BCUT2D eigenvalue weighted by Crippen LogP contribution is -2.67. The number of hydrogen-bond donors (Lipinski definition) is 14. The van der Waals surface area contributed by atoms with Crippen LogP contribution < -0.4 is 0 Å². The van der Waals surface area contributed by atoms with E-state index in [1.807, 2.05) is 0 Å². The molecule has 0 radical (unpaired) electrons. The zero-order chi connectivity index (χ0) is 33.3. The van der Waals surface area contributed by atoms with Gasteiger partial charge < -0.3 is 105 Å². The second-order valence-electron chi connectivity index (χ2n) is 11.2. The minimum absolute atomic E-state index is 0.761. The number of ether oxygens (including phenoxy) is 7. The number of aliphatic hydroxyl groups excluding tert-OH is 14. The summed E-state index contributed by atoms with van der Waals surface area (Å²) in [5.41, 5.74) is 0. The van der Waals surface area contributed by atoms with Gasteiger partial charge in [0.05, 0.1) is 26.4 Å². The second kappa shape index (κ2) is 15.6. The van der Waals surface area contributed by atoms with Crippen molar-refractivity contribution in [2.75, 3.05) is 26.4 Å². The fraction of sp³-hybridized carbons (Fsp3) is 1.00. The molecule has 0 saturated carbocycles. The summed E-state index contributed by atoms with van der Waals surface area (Å²) in [4.78, 5) is 0. The Bertz CT molecular complexity index is 912. The Morgan fingerprint density at radius 3 is 1.29 bits per heavy atom. The van der Waals surface area contributed by atoms with Gasteiger partial charge >= 0.3 is 0 Å². The van der Waals surface area contributed by atoms with Gasteiger partial charge in [-0.15, -0.1) is 0 Å². The average molecular weight is 667 g/mol. The predicted molar refractivity (Wildman–Crippen MR) is 134 cm³/mol. The summed E-state index contributed by atoms with van der Waals surface area (Å²) in [5.74, 6) is 0. The van der Waals surface area contributed by atoms with E-state index in [0.717, 1.165) is 0 Å². The molecule has 4 heterocycles. The van der Waals surface area contributed by atoms with Crippen LogP contribution in [0.4, 0.5) is 0 Å². The van der Waals surface area contributed by atoms with E-state index in [9.17, 15) is 71.5 Å². The molecular formula is C24H42O21. The SMILES string of the molecule is OC[C@H]1O[C@H](OC[C@H]2O[C@@H](O[C@H]3[C@H](O)[C@H](O)[C@H](O)O[C@@H]3CO)[C@@H](O)[C@@H](O)[C@@H]2O[C@@H]2O[C@H](CO)[C@@H](O)[C@H](O)[C@@H]2O)[C@H](O)[C@@H](O)[C@H]1O. The number of aliphatic hydroxyl groups is 14. The molecule has 264 valence electrons. The van der Waals surface area contributed by atoms with E-state index >= 15 is 0 Å². The Morgan fingerprint density at radius 2 is 0.778 bits per heavy atom. The van der Waals surface area contributed by atoms with Crippen LogP contribution in [0.15, 0.2) is 0 Å². The van der Waals surface area contributed by atoms with Gasteiger partial charge in [-0.25, -0.2) is 0 Å². The minimum Gasteiger partial charge on any atom is -0.394 e. The molecule has 0 spiro atoms. The fourth-order valence-electron chi connectivity index (χ4n) is 5.44. The van der Waals surface area contributed by atoms with Crippen molar-refractivity contribution < 1.29 is 105 Å². The van der Waals surface area contributed by atoms with Crippen molar-refractivity contribution in [3.8, 4) is 0 Å². The van der Waals surface area contributed by atoms with Crippen LogP contribution >= 0.6 is 0 Å². The molecule has 21 heteroatoms. The summed E-state index contributed by atoms with van der Waals surface area (Å²) in [7, 11) is 0. The summed E-state index contributed by atoms with van der Waals surface area (Å²) < 4.78 is 38.0. The van der Waals surface area contributed by atoms with E-state index in [2.05, 4.69) is 0 Å². The lowest BCUT2D eigenvalue weighted by molar-refractivity contribution is -0.383. The van der Waals surface area contributed by atoms with Gasteiger partial charge in [0, 0.05) is 0 Å². The van der Waals surface area contributed by atoms with Gasteiger partial charge in [0.2, 0.25) is 0 Å². The monoisotopic (exact) mass is 666 g/mol. The predicted octanol–water partition coefficient (Wildman–Crippen LogP) is -9.75. The fourth-order valence-corrected chi connectivity index (χ4v) is 5.44. The molecule has 0 bridgehead atoms. The minimum atomic E-state index is -2.06. The third kappa shape index (κ3) is 7.59. The molecule has 4 aliphatic heterocycles. The molecule has 0 aromatic carbocycles. The maximum Gasteiger partial charge on any atom is 0.187 e. The van der Waals surface area contributed by atoms with E-state index in [1.54, 1.807) is 0 Å². The second-order valence-corrected chi connectivity index (χ2v) is 11.2. The third-order valence-corrected chi connectivity index (χ3v) is 8.18. The molecule has 4 saturated heterocycles. The number of hydrogen-bond acceptors (Lipinski definition) is 21. The van der Waals surface area contributed by atoms with E-state index in [-0.39, 0.29) is 0 Å². The van der Waals surface area contributed by atoms with Crippen LogP contribution in [0.5, 0.6) is 0 Å². The molecule has 4 aliphatic rings. The maximum atomic E-state index is 11.1. The molecule has 0 aliphatic carbocycles. The van der Waals surface area contributed by atoms with Crippen molar-refractivity contribution in [3.05, 3.63) is 0 Å². The topological polar surface area (TPSA) is 348 Å². The van der Waals surface area contributed by atoms with E-state index in [1.165, 1.54) is 0 Å². The van der Waals surface area contributed by atoms with Crippen LogP contribution in [-0.2, 0) is 33.2 Å². The van der Waals surface area contributed by atoms with Crippen molar-refractivity contribution in [1.29, 1.82) is 0 Å². The smallest absolute Gasteiger partial charge is 0.187 e. The van der Waals surface area contributed by atoms with Crippen LogP contribution in [0.3, 0.4) is 0 Å². The van der Waals surface area contributed by atoms with Gasteiger partial charge in [0.1, 0.15) is 97.7 Å².